The van der Waals surface area contributed by atoms with Crippen LogP contribution >= 0.6 is 0 Å². The lowest BCUT2D eigenvalue weighted by molar-refractivity contribution is 0.229. The van der Waals surface area contributed by atoms with E-state index in [1.165, 1.54) is 29.4 Å². The molecule has 6 nitrogen and oxygen atoms in total. The summed E-state index contributed by atoms with van der Waals surface area (Å²) in [4.78, 5) is 2.61. The highest BCUT2D eigenvalue weighted by atomic mass is 16.5. The Balaban J connectivity index is 2.00. The van der Waals surface area contributed by atoms with Crippen LogP contribution in [0.3, 0.4) is 0 Å². The van der Waals surface area contributed by atoms with Gasteiger partial charge in [0.05, 0.1) is 35.5 Å². The molecule has 0 unspecified atom stereocenters. The molecule has 0 N–H and O–H groups in total. The summed E-state index contributed by atoms with van der Waals surface area (Å²) in [5.41, 5.74) is 2.73. The molecule has 0 aromatic heterocycles. The summed E-state index contributed by atoms with van der Waals surface area (Å²) in [6, 6.07) is 6.84. The van der Waals surface area contributed by atoms with E-state index in [1.54, 1.807) is 35.5 Å². The predicted octanol–water partition coefficient (Wildman–Crippen LogP) is 4.56. The summed E-state index contributed by atoms with van der Waals surface area (Å²) < 4.78 is 28.9. The van der Waals surface area contributed by atoms with Crippen molar-refractivity contribution in [2.24, 2.45) is 0 Å². The highest BCUT2D eigenvalue weighted by Gasteiger charge is 2.34. The monoisotopic (exact) mass is 423 g/mol. The lowest BCUT2D eigenvalue weighted by Gasteiger charge is -2.34. The molecule has 2 heterocycles. The Hall–Kier alpha value is -2.86. The van der Waals surface area contributed by atoms with Crippen LogP contribution in [0.1, 0.15) is 24.0 Å². The standard InChI is InChI=1S/C25H29NO5/c1-27-19-9-8-15-18-13-26-10-6-7-14(26)11-16(18)17-12-20(28-2)24(30-4)25(31-5)22(17)21(15)23(19)29-3/h8-9,12,14H,6-7,10-11,13H2,1-5H3/t14-/m1/s1. The number of benzene rings is 3. The molecule has 3 aromatic carbocycles. The van der Waals surface area contributed by atoms with Gasteiger partial charge in [-0.25, -0.2) is 0 Å². The molecule has 5 rings (SSSR count). The molecule has 1 fully saturated rings. The van der Waals surface area contributed by atoms with Gasteiger partial charge in [0.15, 0.2) is 23.0 Å². The van der Waals surface area contributed by atoms with Crippen LogP contribution in [0.2, 0.25) is 0 Å². The van der Waals surface area contributed by atoms with Gasteiger partial charge < -0.3 is 23.7 Å². The van der Waals surface area contributed by atoms with Crippen LogP contribution in [0, 0.1) is 0 Å². The van der Waals surface area contributed by atoms with Crippen molar-refractivity contribution in [3.8, 4) is 28.7 Å². The Morgan fingerprint density at radius 2 is 1.45 bits per heavy atom. The minimum atomic E-state index is 0.585. The van der Waals surface area contributed by atoms with Crippen LogP contribution in [-0.4, -0.2) is 53.0 Å². The molecule has 164 valence electrons. The summed E-state index contributed by atoms with van der Waals surface area (Å²) in [6.45, 7) is 2.10. The molecular weight excluding hydrogens is 394 g/mol. The molecule has 0 bridgehead atoms. The van der Waals surface area contributed by atoms with Gasteiger partial charge in [0.2, 0.25) is 5.75 Å². The number of fused-ring (bicyclic) bond motifs is 7. The molecule has 0 saturated carbocycles. The van der Waals surface area contributed by atoms with Crippen molar-refractivity contribution in [2.75, 3.05) is 42.1 Å². The first-order valence-corrected chi connectivity index (χ1v) is 10.7. The van der Waals surface area contributed by atoms with E-state index in [2.05, 4.69) is 17.0 Å². The summed E-state index contributed by atoms with van der Waals surface area (Å²) in [5.74, 6) is 3.32. The molecule has 2 aliphatic rings. The second-order valence-corrected chi connectivity index (χ2v) is 8.22. The first kappa shape index (κ1) is 20.1. The molecule has 31 heavy (non-hydrogen) atoms. The Kier molecular flexibility index (Phi) is 4.97. The van der Waals surface area contributed by atoms with Crippen LogP contribution in [-0.2, 0) is 13.0 Å². The maximum absolute atomic E-state index is 5.94. The molecule has 0 amide bonds. The lowest BCUT2D eigenvalue weighted by atomic mass is 9.84. The molecule has 0 spiro atoms. The third-order valence-corrected chi connectivity index (χ3v) is 6.94. The van der Waals surface area contributed by atoms with Crippen LogP contribution in [0.25, 0.3) is 21.5 Å². The van der Waals surface area contributed by atoms with E-state index in [4.69, 9.17) is 23.7 Å². The number of ether oxygens (including phenoxy) is 5. The number of nitrogens with zero attached hydrogens (tertiary/aromatic N) is 1. The number of hydrogen-bond donors (Lipinski definition) is 0. The van der Waals surface area contributed by atoms with Gasteiger partial charge in [-0.1, -0.05) is 6.07 Å². The van der Waals surface area contributed by atoms with Crippen LogP contribution in [0.4, 0.5) is 0 Å². The van der Waals surface area contributed by atoms with E-state index in [0.29, 0.717) is 34.8 Å². The van der Waals surface area contributed by atoms with Gasteiger partial charge in [-0.15, -0.1) is 0 Å². The van der Waals surface area contributed by atoms with Gasteiger partial charge in [-0.2, -0.15) is 0 Å². The van der Waals surface area contributed by atoms with Crippen LogP contribution < -0.4 is 23.7 Å². The number of hydrogen-bond acceptors (Lipinski definition) is 6. The molecule has 0 radical (unpaired) electrons. The Bertz CT molecular complexity index is 1170. The minimum Gasteiger partial charge on any atom is -0.493 e. The lowest BCUT2D eigenvalue weighted by Crippen LogP contribution is -2.35. The zero-order valence-electron chi connectivity index (χ0n) is 18.8. The van der Waals surface area contributed by atoms with Gasteiger partial charge in [0.1, 0.15) is 0 Å². The highest BCUT2D eigenvalue weighted by Crippen LogP contribution is 2.53. The highest BCUT2D eigenvalue weighted by molar-refractivity contribution is 6.18. The largest absolute Gasteiger partial charge is 0.493 e. The molecule has 1 atom stereocenters. The van der Waals surface area contributed by atoms with E-state index in [-0.39, 0.29) is 0 Å². The summed E-state index contributed by atoms with van der Waals surface area (Å²) in [5, 5.41) is 4.29. The minimum absolute atomic E-state index is 0.585. The smallest absolute Gasteiger partial charge is 0.203 e. The predicted molar refractivity (Wildman–Crippen MR) is 121 cm³/mol. The van der Waals surface area contributed by atoms with Crippen molar-refractivity contribution in [1.82, 2.24) is 4.90 Å². The third-order valence-electron chi connectivity index (χ3n) is 6.94. The van der Waals surface area contributed by atoms with E-state index in [0.717, 1.165) is 35.7 Å². The fourth-order valence-corrected chi connectivity index (χ4v) is 5.58. The average Bonchev–Trinajstić information content (AvgIpc) is 3.28. The topological polar surface area (TPSA) is 49.4 Å². The Morgan fingerprint density at radius 3 is 2.13 bits per heavy atom. The van der Waals surface area contributed by atoms with E-state index in [9.17, 15) is 0 Å². The fraction of sp³-hybridized carbons (Fsp3) is 0.440. The van der Waals surface area contributed by atoms with Crippen LogP contribution in [0.15, 0.2) is 18.2 Å². The third kappa shape index (κ3) is 2.81. The second kappa shape index (κ2) is 7.68. The van der Waals surface area contributed by atoms with Crippen molar-refractivity contribution < 1.29 is 23.7 Å². The first-order valence-electron chi connectivity index (χ1n) is 10.7. The number of methoxy groups -OCH3 is 5. The van der Waals surface area contributed by atoms with E-state index < -0.39 is 0 Å². The molecular formula is C25H29NO5. The first-order chi connectivity index (χ1) is 15.2. The van der Waals surface area contributed by atoms with Crippen molar-refractivity contribution >= 4 is 21.5 Å². The van der Waals surface area contributed by atoms with Gasteiger partial charge >= 0.3 is 0 Å². The zero-order chi connectivity index (χ0) is 21.7. The van der Waals surface area contributed by atoms with E-state index >= 15 is 0 Å². The maximum atomic E-state index is 5.94. The summed E-state index contributed by atoms with van der Waals surface area (Å²) in [7, 11) is 8.33. The molecule has 3 aromatic rings. The second-order valence-electron chi connectivity index (χ2n) is 8.22. The van der Waals surface area contributed by atoms with E-state index in [1.807, 2.05) is 6.07 Å². The van der Waals surface area contributed by atoms with Gasteiger partial charge in [0.25, 0.3) is 0 Å². The summed E-state index contributed by atoms with van der Waals surface area (Å²) >= 11 is 0. The van der Waals surface area contributed by atoms with Crippen molar-refractivity contribution in [1.29, 1.82) is 0 Å². The quantitative estimate of drug-likeness (QED) is 0.561. The fourth-order valence-electron chi connectivity index (χ4n) is 5.58. The number of rotatable bonds is 5. The van der Waals surface area contributed by atoms with Crippen LogP contribution in [0.5, 0.6) is 28.7 Å². The van der Waals surface area contributed by atoms with Crippen molar-refractivity contribution in [3.63, 3.8) is 0 Å². The molecule has 0 aliphatic carbocycles. The Morgan fingerprint density at radius 1 is 0.742 bits per heavy atom. The Labute approximate surface area is 182 Å². The maximum Gasteiger partial charge on any atom is 0.203 e. The average molecular weight is 424 g/mol. The molecule has 6 heteroatoms. The SMILES string of the molecule is COc1cc2c3c(c4ccc(OC)c(OC)c4c2c(OC)c1OC)CN1CCC[C@@H]1C3. The normalized spacial score (nSPS) is 18.0. The van der Waals surface area contributed by atoms with Crippen molar-refractivity contribution in [3.05, 3.63) is 29.3 Å². The summed E-state index contributed by atoms with van der Waals surface area (Å²) in [6.07, 6.45) is 3.52. The molecule has 1 saturated heterocycles. The molecule has 2 aliphatic heterocycles. The van der Waals surface area contributed by atoms with Gasteiger partial charge in [-0.05, 0) is 59.8 Å². The van der Waals surface area contributed by atoms with Crippen molar-refractivity contribution in [2.45, 2.75) is 31.8 Å². The van der Waals surface area contributed by atoms with Gasteiger partial charge in [-0.3, -0.25) is 4.90 Å². The van der Waals surface area contributed by atoms with Gasteiger partial charge in [0, 0.05) is 23.4 Å². The zero-order valence-corrected chi connectivity index (χ0v) is 18.8.